The third kappa shape index (κ3) is 5.83. The zero-order valence-corrected chi connectivity index (χ0v) is 15.4. The number of amides is 2. The Balaban J connectivity index is 1.79. The van der Waals surface area contributed by atoms with Gasteiger partial charge in [0.15, 0.2) is 0 Å². The molecule has 0 aromatic heterocycles. The molecule has 2 amide bonds. The van der Waals surface area contributed by atoms with Crippen LogP contribution in [0.3, 0.4) is 0 Å². The highest BCUT2D eigenvalue weighted by atomic mass is 16.5. The zero-order chi connectivity index (χ0) is 18.2. The zero-order valence-electron chi connectivity index (χ0n) is 15.4. The lowest BCUT2D eigenvalue weighted by molar-refractivity contribution is -0.136. The maximum atomic E-state index is 12.0. The van der Waals surface area contributed by atoms with Crippen LogP contribution in [0.15, 0.2) is 24.3 Å². The van der Waals surface area contributed by atoms with Gasteiger partial charge in [0.2, 0.25) is 0 Å². The van der Waals surface area contributed by atoms with E-state index in [0.717, 1.165) is 18.7 Å². The normalized spacial score (nSPS) is 19.2. The molecule has 0 aliphatic carbocycles. The summed E-state index contributed by atoms with van der Waals surface area (Å²) < 4.78 is 5.27. The molecule has 1 aromatic rings. The second-order valence-corrected chi connectivity index (χ2v) is 6.59. The van der Waals surface area contributed by atoms with E-state index < -0.39 is 11.8 Å². The summed E-state index contributed by atoms with van der Waals surface area (Å²) in [6, 6.07) is 7.87. The molecule has 0 unspecified atom stereocenters. The van der Waals surface area contributed by atoms with Crippen LogP contribution in [0.25, 0.3) is 0 Å². The Morgan fingerprint density at radius 1 is 1.32 bits per heavy atom. The van der Waals surface area contributed by atoms with Crippen molar-refractivity contribution in [1.82, 2.24) is 10.2 Å². The first kappa shape index (κ1) is 19.4. The third-order valence-corrected chi connectivity index (χ3v) is 4.80. The lowest BCUT2D eigenvalue weighted by Gasteiger charge is -2.33. The molecule has 1 heterocycles. The summed E-state index contributed by atoms with van der Waals surface area (Å²) in [5.41, 5.74) is 1.53. The van der Waals surface area contributed by atoms with Crippen LogP contribution in [0.2, 0.25) is 0 Å². The highest BCUT2D eigenvalue weighted by Gasteiger charge is 2.19. The molecular formula is C19H29N3O3. The minimum atomic E-state index is -0.645. The molecule has 2 atom stereocenters. The molecule has 6 heteroatoms. The van der Waals surface area contributed by atoms with Crippen molar-refractivity contribution in [2.45, 2.75) is 45.3 Å². The van der Waals surface area contributed by atoms with E-state index >= 15 is 0 Å². The Hall–Kier alpha value is -1.92. The van der Waals surface area contributed by atoms with Crippen molar-refractivity contribution in [2.24, 2.45) is 0 Å². The average molecular weight is 347 g/mol. The third-order valence-electron chi connectivity index (χ3n) is 4.80. The van der Waals surface area contributed by atoms with Crippen LogP contribution < -0.4 is 10.6 Å². The summed E-state index contributed by atoms with van der Waals surface area (Å²) in [5, 5.41) is 5.34. The van der Waals surface area contributed by atoms with E-state index in [4.69, 9.17) is 4.74 Å². The molecule has 1 aromatic carbocycles. The number of carbonyl (C=O) groups excluding carboxylic acids is 2. The predicted octanol–water partition coefficient (Wildman–Crippen LogP) is 2.32. The number of carbonyl (C=O) groups is 2. The number of piperidine rings is 1. The number of hydrogen-bond donors (Lipinski definition) is 2. The van der Waals surface area contributed by atoms with Gasteiger partial charge in [-0.2, -0.15) is 0 Å². The van der Waals surface area contributed by atoms with Crippen molar-refractivity contribution < 1.29 is 14.3 Å². The van der Waals surface area contributed by atoms with Crippen molar-refractivity contribution in [2.75, 3.05) is 32.1 Å². The second-order valence-electron chi connectivity index (χ2n) is 6.59. The molecule has 1 fully saturated rings. The van der Waals surface area contributed by atoms with Crippen LogP contribution in [0.1, 0.15) is 44.8 Å². The summed E-state index contributed by atoms with van der Waals surface area (Å²) in [6.45, 7) is 6.46. The Labute approximate surface area is 149 Å². The van der Waals surface area contributed by atoms with E-state index in [9.17, 15) is 9.59 Å². The number of benzene rings is 1. The van der Waals surface area contributed by atoms with Crippen molar-refractivity contribution >= 4 is 17.5 Å². The number of ether oxygens (including phenoxy) is 1. The molecule has 1 saturated heterocycles. The molecule has 6 nitrogen and oxygen atoms in total. The Morgan fingerprint density at radius 3 is 2.84 bits per heavy atom. The number of nitrogens with zero attached hydrogens (tertiary/aromatic N) is 1. The maximum absolute atomic E-state index is 12.0. The number of methoxy groups -OCH3 is 1. The van der Waals surface area contributed by atoms with Crippen molar-refractivity contribution in [1.29, 1.82) is 0 Å². The fraction of sp³-hybridized carbons (Fsp3) is 0.579. The van der Waals surface area contributed by atoms with Crippen LogP contribution in [0, 0.1) is 0 Å². The van der Waals surface area contributed by atoms with E-state index in [2.05, 4.69) is 22.5 Å². The van der Waals surface area contributed by atoms with E-state index in [1.807, 2.05) is 25.1 Å². The van der Waals surface area contributed by atoms with Gasteiger partial charge in [-0.15, -0.1) is 0 Å². The van der Waals surface area contributed by atoms with Gasteiger partial charge >= 0.3 is 11.8 Å². The fourth-order valence-electron chi connectivity index (χ4n) is 3.08. The van der Waals surface area contributed by atoms with Gasteiger partial charge in [-0.05, 0) is 50.9 Å². The molecule has 2 rings (SSSR count). The summed E-state index contributed by atoms with van der Waals surface area (Å²) in [5.74, 6) is -1.25. The Kier molecular flexibility index (Phi) is 7.40. The number of anilines is 1. The molecule has 1 aliphatic rings. The molecule has 2 N–H and O–H groups in total. The van der Waals surface area contributed by atoms with Gasteiger partial charge in [0.05, 0.1) is 6.10 Å². The number of likely N-dealkylation sites (tertiary alicyclic amines) is 1. The molecule has 0 spiro atoms. The molecule has 0 saturated carbocycles. The fourth-order valence-corrected chi connectivity index (χ4v) is 3.08. The van der Waals surface area contributed by atoms with Crippen molar-refractivity contribution in [3.63, 3.8) is 0 Å². The standard InChI is InChI=1S/C19H29N3O3/c1-14-7-4-5-11-22(14)12-10-20-18(23)19(24)21-17-9-6-8-16(13-17)15(2)25-3/h6,8-9,13-15H,4-5,7,10-12H2,1-3H3,(H,20,23)(H,21,24)/t14-,15+/m0/s1. The average Bonchev–Trinajstić information content (AvgIpc) is 2.62. The van der Waals surface area contributed by atoms with Crippen LogP contribution >= 0.6 is 0 Å². The van der Waals surface area contributed by atoms with Crippen LogP contribution in [-0.2, 0) is 14.3 Å². The molecule has 1 aliphatic heterocycles. The van der Waals surface area contributed by atoms with Crippen LogP contribution in [0.5, 0.6) is 0 Å². The number of rotatable bonds is 6. The van der Waals surface area contributed by atoms with Gasteiger partial charge < -0.3 is 15.4 Å². The summed E-state index contributed by atoms with van der Waals surface area (Å²) in [4.78, 5) is 26.4. The predicted molar refractivity (Wildman–Crippen MR) is 98.4 cm³/mol. The minimum Gasteiger partial charge on any atom is -0.377 e. The highest BCUT2D eigenvalue weighted by Crippen LogP contribution is 2.19. The number of hydrogen-bond acceptors (Lipinski definition) is 4. The van der Waals surface area contributed by atoms with Crippen molar-refractivity contribution in [3.8, 4) is 0 Å². The summed E-state index contributed by atoms with van der Waals surface area (Å²) in [6.07, 6.45) is 3.60. The van der Waals surface area contributed by atoms with Crippen LogP contribution in [0.4, 0.5) is 5.69 Å². The largest absolute Gasteiger partial charge is 0.377 e. The molecule has 25 heavy (non-hydrogen) atoms. The lowest BCUT2D eigenvalue weighted by Crippen LogP contribution is -2.44. The van der Waals surface area contributed by atoms with Gasteiger partial charge in [-0.25, -0.2) is 0 Å². The SMILES string of the molecule is CO[C@H](C)c1cccc(NC(=O)C(=O)NCCN2CCCC[C@@H]2C)c1. The van der Waals surface area contributed by atoms with Crippen LogP contribution in [-0.4, -0.2) is 49.5 Å². The van der Waals surface area contributed by atoms with E-state index in [0.29, 0.717) is 18.3 Å². The first-order valence-corrected chi connectivity index (χ1v) is 8.97. The first-order valence-electron chi connectivity index (χ1n) is 8.97. The van der Waals surface area contributed by atoms with Gasteiger partial charge in [0.1, 0.15) is 0 Å². The lowest BCUT2D eigenvalue weighted by atomic mass is 10.0. The van der Waals surface area contributed by atoms with E-state index in [-0.39, 0.29) is 6.10 Å². The second kappa shape index (κ2) is 9.53. The van der Waals surface area contributed by atoms with Gasteiger partial charge in [-0.1, -0.05) is 18.6 Å². The summed E-state index contributed by atoms with van der Waals surface area (Å²) in [7, 11) is 1.63. The van der Waals surface area contributed by atoms with E-state index in [1.54, 1.807) is 13.2 Å². The quantitative estimate of drug-likeness (QED) is 0.775. The minimum absolute atomic E-state index is 0.0720. The molecule has 0 bridgehead atoms. The first-order chi connectivity index (χ1) is 12.0. The maximum Gasteiger partial charge on any atom is 0.313 e. The Morgan fingerprint density at radius 2 is 2.12 bits per heavy atom. The Bertz CT molecular complexity index is 591. The highest BCUT2D eigenvalue weighted by molar-refractivity contribution is 6.39. The molecule has 0 radical (unpaired) electrons. The van der Waals surface area contributed by atoms with Gasteiger partial charge in [-0.3, -0.25) is 14.5 Å². The summed E-state index contributed by atoms with van der Waals surface area (Å²) >= 11 is 0. The smallest absolute Gasteiger partial charge is 0.313 e. The topological polar surface area (TPSA) is 70.7 Å². The van der Waals surface area contributed by atoms with Gasteiger partial charge in [0.25, 0.3) is 0 Å². The van der Waals surface area contributed by atoms with Gasteiger partial charge in [0, 0.05) is 31.9 Å². The monoisotopic (exact) mass is 347 g/mol. The van der Waals surface area contributed by atoms with Crippen molar-refractivity contribution in [3.05, 3.63) is 29.8 Å². The number of nitrogens with one attached hydrogen (secondary N) is 2. The molecular weight excluding hydrogens is 318 g/mol. The van der Waals surface area contributed by atoms with E-state index in [1.165, 1.54) is 19.3 Å². The molecule has 138 valence electrons.